The third-order valence-electron chi connectivity index (χ3n) is 4.27. The van der Waals surface area contributed by atoms with Crippen LogP contribution in [0.3, 0.4) is 0 Å². The van der Waals surface area contributed by atoms with Gasteiger partial charge >= 0.3 is 0 Å². The molecule has 6 heteroatoms. The van der Waals surface area contributed by atoms with Gasteiger partial charge in [0.15, 0.2) is 11.5 Å². The lowest BCUT2D eigenvalue weighted by atomic mass is 10.0. The van der Waals surface area contributed by atoms with Gasteiger partial charge in [-0.25, -0.2) is 4.98 Å². The molecule has 2 aromatic carbocycles. The standard InChI is InChI=1S/C20H23N3O3/c1-12(2)13-6-5-7-14(8-13)21-11-19-22-16-10-18(26-4)17(25-3)9-15(16)20(24)23-19/h5-10,12,21H,11H2,1-4H3,(H,22,23,24). The van der Waals surface area contributed by atoms with Gasteiger partial charge in [-0.05, 0) is 29.7 Å². The SMILES string of the molecule is COc1cc2nc(CNc3cccc(C(C)C)c3)[nH]c(=O)c2cc1OC. The molecule has 3 rings (SSSR count). The molecule has 6 nitrogen and oxygen atoms in total. The van der Waals surface area contributed by atoms with E-state index in [4.69, 9.17) is 9.47 Å². The van der Waals surface area contributed by atoms with E-state index in [0.29, 0.717) is 40.7 Å². The molecule has 0 bridgehead atoms. The Morgan fingerprint density at radius 2 is 1.85 bits per heavy atom. The maximum Gasteiger partial charge on any atom is 0.258 e. The van der Waals surface area contributed by atoms with Crippen molar-refractivity contribution in [3.05, 3.63) is 58.1 Å². The minimum atomic E-state index is -0.205. The summed E-state index contributed by atoms with van der Waals surface area (Å²) in [4.78, 5) is 19.8. The van der Waals surface area contributed by atoms with Crippen LogP contribution in [0.1, 0.15) is 31.2 Å². The van der Waals surface area contributed by atoms with Crippen LogP contribution in [0.25, 0.3) is 10.9 Å². The van der Waals surface area contributed by atoms with Crippen molar-refractivity contribution in [1.29, 1.82) is 0 Å². The molecule has 0 saturated carbocycles. The van der Waals surface area contributed by atoms with E-state index in [-0.39, 0.29) is 5.56 Å². The number of fused-ring (bicyclic) bond motifs is 1. The molecule has 0 spiro atoms. The highest BCUT2D eigenvalue weighted by Gasteiger charge is 2.11. The smallest absolute Gasteiger partial charge is 0.258 e. The molecule has 0 atom stereocenters. The number of benzene rings is 2. The minimum Gasteiger partial charge on any atom is -0.493 e. The Morgan fingerprint density at radius 3 is 2.54 bits per heavy atom. The van der Waals surface area contributed by atoms with Gasteiger partial charge in [0.2, 0.25) is 0 Å². The van der Waals surface area contributed by atoms with Gasteiger partial charge in [0.05, 0.1) is 31.7 Å². The van der Waals surface area contributed by atoms with Crippen LogP contribution in [-0.2, 0) is 6.54 Å². The van der Waals surface area contributed by atoms with Gasteiger partial charge in [-0.1, -0.05) is 26.0 Å². The number of methoxy groups -OCH3 is 2. The molecule has 0 aliphatic rings. The lowest BCUT2D eigenvalue weighted by Gasteiger charge is -2.11. The molecule has 136 valence electrons. The summed E-state index contributed by atoms with van der Waals surface area (Å²) >= 11 is 0. The average molecular weight is 353 g/mol. The second-order valence-corrected chi connectivity index (χ2v) is 6.37. The van der Waals surface area contributed by atoms with E-state index in [1.54, 1.807) is 19.2 Å². The Labute approximate surface area is 152 Å². The molecular formula is C20H23N3O3. The van der Waals surface area contributed by atoms with Gasteiger partial charge in [0.1, 0.15) is 5.82 Å². The third-order valence-corrected chi connectivity index (χ3v) is 4.27. The van der Waals surface area contributed by atoms with Crippen molar-refractivity contribution < 1.29 is 9.47 Å². The number of hydrogen-bond acceptors (Lipinski definition) is 5. The number of aromatic amines is 1. The van der Waals surface area contributed by atoms with E-state index in [0.717, 1.165) is 5.69 Å². The largest absolute Gasteiger partial charge is 0.493 e. The quantitative estimate of drug-likeness (QED) is 0.707. The van der Waals surface area contributed by atoms with E-state index < -0.39 is 0 Å². The maximum atomic E-state index is 12.4. The molecule has 0 fully saturated rings. The van der Waals surface area contributed by atoms with Crippen molar-refractivity contribution >= 4 is 16.6 Å². The van der Waals surface area contributed by atoms with Crippen LogP contribution in [-0.4, -0.2) is 24.2 Å². The van der Waals surface area contributed by atoms with Gasteiger partial charge in [0.25, 0.3) is 5.56 Å². The number of nitrogens with zero attached hydrogens (tertiary/aromatic N) is 1. The summed E-state index contributed by atoms with van der Waals surface area (Å²) in [5.41, 5.74) is 2.61. The number of anilines is 1. The summed E-state index contributed by atoms with van der Waals surface area (Å²) in [7, 11) is 3.09. The van der Waals surface area contributed by atoms with E-state index >= 15 is 0 Å². The molecule has 0 amide bonds. The molecule has 1 heterocycles. The van der Waals surface area contributed by atoms with Crippen molar-refractivity contribution in [1.82, 2.24) is 9.97 Å². The monoisotopic (exact) mass is 353 g/mol. The zero-order chi connectivity index (χ0) is 18.7. The van der Waals surface area contributed by atoms with Crippen molar-refractivity contribution in [2.45, 2.75) is 26.3 Å². The van der Waals surface area contributed by atoms with Crippen LogP contribution >= 0.6 is 0 Å². The summed E-state index contributed by atoms with van der Waals surface area (Å²) in [6.45, 7) is 4.73. The lowest BCUT2D eigenvalue weighted by molar-refractivity contribution is 0.355. The van der Waals surface area contributed by atoms with E-state index in [1.165, 1.54) is 12.7 Å². The zero-order valence-corrected chi connectivity index (χ0v) is 15.4. The Kier molecular flexibility index (Phi) is 5.11. The van der Waals surface area contributed by atoms with E-state index in [9.17, 15) is 4.79 Å². The first-order valence-corrected chi connectivity index (χ1v) is 8.50. The third kappa shape index (κ3) is 3.64. The van der Waals surface area contributed by atoms with Crippen LogP contribution in [0, 0.1) is 0 Å². The fourth-order valence-electron chi connectivity index (χ4n) is 2.79. The zero-order valence-electron chi connectivity index (χ0n) is 15.4. The highest BCUT2D eigenvalue weighted by Crippen LogP contribution is 2.30. The Morgan fingerprint density at radius 1 is 1.12 bits per heavy atom. The van der Waals surface area contributed by atoms with Gasteiger partial charge in [0, 0.05) is 11.8 Å². The van der Waals surface area contributed by atoms with Crippen LogP contribution in [0.2, 0.25) is 0 Å². The fraction of sp³-hybridized carbons (Fsp3) is 0.300. The molecule has 1 aromatic heterocycles. The average Bonchev–Trinajstić information content (AvgIpc) is 2.65. The number of rotatable bonds is 6. The fourth-order valence-corrected chi connectivity index (χ4v) is 2.79. The lowest BCUT2D eigenvalue weighted by Crippen LogP contribution is -2.15. The van der Waals surface area contributed by atoms with Gasteiger partial charge in [-0.2, -0.15) is 0 Å². The minimum absolute atomic E-state index is 0.205. The highest BCUT2D eigenvalue weighted by molar-refractivity contribution is 5.81. The van der Waals surface area contributed by atoms with E-state index in [2.05, 4.69) is 41.3 Å². The number of aromatic nitrogens is 2. The molecule has 0 aliphatic heterocycles. The van der Waals surface area contributed by atoms with Crippen molar-refractivity contribution in [2.24, 2.45) is 0 Å². The summed E-state index contributed by atoms with van der Waals surface area (Å²) in [5, 5.41) is 3.78. The molecule has 26 heavy (non-hydrogen) atoms. The number of H-pyrrole nitrogens is 1. The van der Waals surface area contributed by atoms with Crippen molar-refractivity contribution in [2.75, 3.05) is 19.5 Å². The van der Waals surface area contributed by atoms with Crippen molar-refractivity contribution in [3.8, 4) is 11.5 Å². The van der Waals surface area contributed by atoms with Crippen LogP contribution < -0.4 is 20.3 Å². The molecule has 0 aliphatic carbocycles. The van der Waals surface area contributed by atoms with Crippen LogP contribution in [0.5, 0.6) is 11.5 Å². The second kappa shape index (κ2) is 7.47. The molecule has 2 N–H and O–H groups in total. The Balaban J connectivity index is 1.89. The summed E-state index contributed by atoms with van der Waals surface area (Å²) in [5.74, 6) is 2.06. The predicted octanol–water partition coefficient (Wildman–Crippen LogP) is 3.68. The predicted molar refractivity (Wildman–Crippen MR) is 103 cm³/mol. The molecular weight excluding hydrogens is 330 g/mol. The second-order valence-electron chi connectivity index (χ2n) is 6.37. The van der Waals surface area contributed by atoms with Gasteiger partial charge < -0.3 is 19.8 Å². The van der Waals surface area contributed by atoms with Gasteiger partial charge in [-0.15, -0.1) is 0 Å². The number of hydrogen-bond donors (Lipinski definition) is 2. The van der Waals surface area contributed by atoms with Gasteiger partial charge in [-0.3, -0.25) is 4.79 Å². The summed E-state index contributed by atoms with van der Waals surface area (Å²) < 4.78 is 10.5. The van der Waals surface area contributed by atoms with Crippen molar-refractivity contribution in [3.63, 3.8) is 0 Å². The highest BCUT2D eigenvalue weighted by atomic mass is 16.5. The number of nitrogens with one attached hydrogen (secondary N) is 2. The summed E-state index contributed by atoms with van der Waals surface area (Å²) in [6.07, 6.45) is 0. The maximum absolute atomic E-state index is 12.4. The normalized spacial score (nSPS) is 11.0. The first-order chi connectivity index (χ1) is 12.5. The van der Waals surface area contributed by atoms with Crippen LogP contribution in [0.4, 0.5) is 5.69 Å². The molecule has 0 saturated heterocycles. The number of ether oxygens (including phenoxy) is 2. The topological polar surface area (TPSA) is 76.2 Å². The van der Waals surface area contributed by atoms with E-state index in [1.807, 2.05) is 12.1 Å². The molecule has 0 unspecified atom stereocenters. The Hall–Kier alpha value is -3.02. The molecule has 0 radical (unpaired) electrons. The molecule has 3 aromatic rings. The van der Waals surface area contributed by atoms with Crippen LogP contribution in [0.15, 0.2) is 41.2 Å². The first kappa shape index (κ1) is 17.8. The Bertz CT molecular complexity index is 980. The summed E-state index contributed by atoms with van der Waals surface area (Å²) in [6, 6.07) is 11.6. The first-order valence-electron chi connectivity index (χ1n) is 8.50.